The third-order valence-electron chi connectivity index (χ3n) is 3.50. The third kappa shape index (κ3) is 3.27. The van der Waals surface area contributed by atoms with Crippen LogP contribution in [0, 0.1) is 0 Å². The molecule has 4 nitrogen and oxygen atoms in total. The first-order chi connectivity index (χ1) is 9.61. The van der Waals surface area contributed by atoms with Crippen LogP contribution in [0.5, 0.6) is 0 Å². The molecule has 1 atom stereocenters. The lowest BCUT2D eigenvalue weighted by Gasteiger charge is -2.23. The Labute approximate surface area is 119 Å². The number of amides is 2. The summed E-state index contributed by atoms with van der Waals surface area (Å²) in [4.78, 5) is 13.4. The van der Waals surface area contributed by atoms with E-state index in [1.165, 1.54) is 10.3 Å². The molecule has 0 fully saturated rings. The predicted octanol–water partition coefficient (Wildman–Crippen LogP) is 2.36. The number of likely N-dealkylation sites (N-methyl/N-ethyl adjacent to an activating group) is 1. The van der Waals surface area contributed by atoms with E-state index in [0.717, 1.165) is 10.9 Å². The highest BCUT2D eigenvalue weighted by Crippen LogP contribution is 2.15. The molecule has 0 aliphatic heterocycles. The van der Waals surface area contributed by atoms with Crippen LogP contribution in [0.1, 0.15) is 12.5 Å². The lowest BCUT2D eigenvalue weighted by molar-refractivity contribution is 0.157. The number of urea groups is 1. The van der Waals surface area contributed by atoms with Crippen molar-refractivity contribution in [3.05, 3.63) is 48.0 Å². The summed E-state index contributed by atoms with van der Waals surface area (Å²) in [6.07, 6.45) is 0. The number of rotatable bonds is 4. The zero-order valence-corrected chi connectivity index (χ0v) is 11.8. The molecule has 0 heterocycles. The second-order valence-corrected chi connectivity index (χ2v) is 4.98. The average molecular weight is 272 g/mol. The van der Waals surface area contributed by atoms with Gasteiger partial charge in [-0.15, -0.1) is 0 Å². The standard InChI is InChI=1S/C16H20N2O2/c1-12(11-19)18(2)16(20)17-10-13-7-8-14-5-3-4-6-15(14)9-13/h3-9,12,19H,10-11H2,1-2H3,(H,17,20). The Balaban J connectivity index is 2.00. The molecular weight excluding hydrogens is 252 g/mol. The number of carbonyl (C=O) groups excluding carboxylic acids is 1. The topological polar surface area (TPSA) is 52.6 Å². The van der Waals surface area contributed by atoms with Gasteiger partial charge in [0.1, 0.15) is 0 Å². The van der Waals surface area contributed by atoms with Gasteiger partial charge in [-0.05, 0) is 29.3 Å². The lowest BCUT2D eigenvalue weighted by atomic mass is 10.1. The molecule has 2 aromatic carbocycles. The van der Waals surface area contributed by atoms with Crippen molar-refractivity contribution in [2.24, 2.45) is 0 Å². The molecule has 4 heteroatoms. The molecule has 2 N–H and O–H groups in total. The Morgan fingerprint density at radius 1 is 1.25 bits per heavy atom. The van der Waals surface area contributed by atoms with Crippen LogP contribution >= 0.6 is 0 Å². The molecule has 0 aromatic heterocycles. The zero-order valence-electron chi connectivity index (χ0n) is 11.8. The van der Waals surface area contributed by atoms with E-state index in [4.69, 9.17) is 5.11 Å². The second-order valence-electron chi connectivity index (χ2n) is 4.98. The fourth-order valence-corrected chi connectivity index (χ4v) is 1.97. The van der Waals surface area contributed by atoms with Crippen molar-refractivity contribution in [3.63, 3.8) is 0 Å². The van der Waals surface area contributed by atoms with E-state index in [0.29, 0.717) is 6.54 Å². The van der Waals surface area contributed by atoms with Crippen molar-refractivity contribution >= 4 is 16.8 Å². The molecule has 0 aliphatic carbocycles. The molecule has 1 unspecified atom stereocenters. The lowest BCUT2D eigenvalue weighted by Crippen LogP contribution is -2.43. The van der Waals surface area contributed by atoms with E-state index >= 15 is 0 Å². The maximum Gasteiger partial charge on any atom is 0.317 e. The maximum absolute atomic E-state index is 11.9. The van der Waals surface area contributed by atoms with E-state index in [1.54, 1.807) is 14.0 Å². The Morgan fingerprint density at radius 2 is 1.95 bits per heavy atom. The normalized spacial score (nSPS) is 12.2. The number of hydrogen-bond donors (Lipinski definition) is 2. The predicted molar refractivity (Wildman–Crippen MR) is 80.5 cm³/mol. The first-order valence-corrected chi connectivity index (χ1v) is 6.71. The van der Waals surface area contributed by atoms with E-state index in [-0.39, 0.29) is 18.7 Å². The van der Waals surface area contributed by atoms with Crippen molar-refractivity contribution in [2.45, 2.75) is 19.5 Å². The summed E-state index contributed by atoms with van der Waals surface area (Å²) in [6.45, 7) is 2.24. The fourth-order valence-electron chi connectivity index (χ4n) is 1.97. The highest BCUT2D eigenvalue weighted by Gasteiger charge is 2.13. The van der Waals surface area contributed by atoms with Gasteiger partial charge in [-0.1, -0.05) is 36.4 Å². The van der Waals surface area contributed by atoms with Gasteiger partial charge in [-0.3, -0.25) is 0 Å². The number of hydrogen-bond acceptors (Lipinski definition) is 2. The van der Waals surface area contributed by atoms with E-state index in [2.05, 4.69) is 29.6 Å². The summed E-state index contributed by atoms with van der Waals surface area (Å²) < 4.78 is 0. The molecule has 0 radical (unpaired) electrons. The van der Waals surface area contributed by atoms with Gasteiger partial charge in [0.25, 0.3) is 0 Å². The van der Waals surface area contributed by atoms with Gasteiger partial charge in [0.15, 0.2) is 0 Å². The number of benzene rings is 2. The van der Waals surface area contributed by atoms with Gasteiger partial charge in [0.05, 0.1) is 12.6 Å². The summed E-state index contributed by atoms with van der Waals surface area (Å²) in [5.41, 5.74) is 1.06. The van der Waals surface area contributed by atoms with Crippen LogP contribution < -0.4 is 5.32 Å². The molecule has 0 saturated heterocycles. The van der Waals surface area contributed by atoms with E-state index < -0.39 is 0 Å². The Morgan fingerprint density at radius 3 is 2.65 bits per heavy atom. The highest BCUT2D eigenvalue weighted by molar-refractivity contribution is 5.83. The Hall–Kier alpha value is -2.07. The molecule has 20 heavy (non-hydrogen) atoms. The van der Waals surface area contributed by atoms with Gasteiger partial charge in [0, 0.05) is 13.6 Å². The number of aliphatic hydroxyl groups is 1. The van der Waals surface area contributed by atoms with Crippen LogP contribution in [0.15, 0.2) is 42.5 Å². The molecule has 0 spiro atoms. The first kappa shape index (κ1) is 14.3. The summed E-state index contributed by atoms with van der Waals surface area (Å²) >= 11 is 0. The third-order valence-corrected chi connectivity index (χ3v) is 3.50. The van der Waals surface area contributed by atoms with Crippen molar-refractivity contribution in [1.29, 1.82) is 0 Å². The molecule has 2 rings (SSSR count). The molecule has 2 aromatic rings. The maximum atomic E-state index is 11.9. The summed E-state index contributed by atoms with van der Waals surface area (Å²) in [6, 6.07) is 13.9. The Kier molecular flexibility index (Phi) is 4.58. The highest BCUT2D eigenvalue weighted by atomic mass is 16.3. The quantitative estimate of drug-likeness (QED) is 0.897. The van der Waals surface area contributed by atoms with Gasteiger partial charge >= 0.3 is 6.03 Å². The number of fused-ring (bicyclic) bond motifs is 1. The summed E-state index contributed by atoms with van der Waals surface area (Å²) in [7, 11) is 1.68. The minimum absolute atomic E-state index is 0.0418. The fraction of sp³-hybridized carbons (Fsp3) is 0.312. The summed E-state index contributed by atoms with van der Waals surface area (Å²) in [5, 5.41) is 14.2. The summed E-state index contributed by atoms with van der Waals surface area (Å²) in [5.74, 6) is 0. The number of nitrogens with one attached hydrogen (secondary N) is 1. The monoisotopic (exact) mass is 272 g/mol. The molecule has 0 bridgehead atoms. The average Bonchev–Trinajstić information content (AvgIpc) is 2.50. The van der Waals surface area contributed by atoms with Gasteiger partial charge in [-0.2, -0.15) is 0 Å². The largest absolute Gasteiger partial charge is 0.394 e. The van der Waals surface area contributed by atoms with Crippen molar-refractivity contribution in [3.8, 4) is 0 Å². The van der Waals surface area contributed by atoms with E-state index in [1.807, 2.05) is 18.2 Å². The van der Waals surface area contributed by atoms with E-state index in [9.17, 15) is 4.79 Å². The molecular formula is C16H20N2O2. The van der Waals surface area contributed by atoms with Crippen molar-refractivity contribution in [1.82, 2.24) is 10.2 Å². The zero-order chi connectivity index (χ0) is 14.5. The second kappa shape index (κ2) is 6.39. The number of nitrogens with zero attached hydrogens (tertiary/aromatic N) is 1. The smallest absolute Gasteiger partial charge is 0.317 e. The molecule has 2 amide bonds. The Bertz CT molecular complexity index is 598. The molecule has 106 valence electrons. The number of aliphatic hydroxyl groups excluding tert-OH is 1. The van der Waals surface area contributed by atoms with Gasteiger partial charge in [0.2, 0.25) is 0 Å². The van der Waals surface area contributed by atoms with Crippen molar-refractivity contribution in [2.75, 3.05) is 13.7 Å². The van der Waals surface area contributed by atoms with Gasteiger partial charge < -0.3 is 15.3 Å². The molecule has 0 aliphatic rings. The van der Waals surface area contributed by atoms with Crippen LogP contribution in [-0.2, 0) is 6.54 Å². The number of carbonyl (C=O) groups is 1. The van der Waals surface area contributed by atoms with Crippen LogP contribution in [0.2, 0.25) is 0 Å². The van der Waals surface area contributed by atoms with Crippen LogP contribution in [0.3, 0.4) is 0 Å². The van der Waals surface area contributed by atoms with Gasteiger partial charge in [-0.25, -0.2) is 4.79 Å². The minimum atomic E-state index is -0.188. The van der Waals surface area contributed by atoms with Crippen LogP contribution in [-0.4, -0.2) is 35.7 Å². The first-order valence-electron chi connectivity index (χ1n) is 6.71. The van der Waals surface area contributed by atoms with Crippen LogP contribution in [0.4, 0.5) is 4.79 Å². The minimum Gasteiger partial charge on any atom is -0.394 e. The molecule has 0 saturated carbocycles. The van der Waals surface area contributed by atoms with Crippen molar-refractivity contribution < 1.29 is 9.90 Å². The SMILES string of the molecule is CC(CO)N(C)C(=O)NCc1ccc2ccccc2c1. The van der Waals surface area contributed by atoms with Crippen LogP contribution in [0.25, 0.3) is 10.8 Å².